The summed E-state index contributed by atoms with van der Waals surface area (Å²) < 4.78 is 4.75. The lowest BCUT2D eigenvalue weighted by molar-refractivity contribution is 0.0603. The lowest BCUT2D eigenvalue weighted by Crippen LogP contribution is -2.10. The molecule has 0 bridgehead atoms. The normalized spacial score (nSPS) is 10.8. The lowest BCUT2D eigenvalue weighted by atomic mass is 10.1. The highest BCUT2D eigenvalue weighted by atomic mass is 16.5. The molecule has 19 heavy (non-hydrogen) atoms. The Labute approximate surface area is 109 Å². The lowest BCUT2D eigenvalue weighted by Gasteiger charge is -2.02. The van der Waals surface area contributed by atoms with Gasteiger partial charge in [0.15, 0.2) is 0 Å². The molecule has 4 heteroatoms. The predicted octanol–water partition coefficient (Wildman–Crippen LogP) is 2.42. The van der Waals surface area contributed by atoms with Crippen LogP contribution >= 0.6 is 0 Å². The van der Waals surface area contributed by atoms with E-state index in [1.54, 1.807) is 0 Å². The van der Waals surface area contributed by atoms with Crippen molar-refractivity contribution in [3.05, 3.63) is 58.4 Å². The quantitative estimate of drug-likeness (QED) is 0.677. The summed E-state index contributed by atoms with van der Waals surface area (Å²) in [6.07, 6.45) is 0. The molecule has 0 spiro atoms. The zero-order valence-corrected chi connectivity index (χ0v) is 10.3. The van der Waals surface area contributed by atoms with Gasteiger partial charge in [0.25, 0.3) is 0 Å². The van der Waals surface area contributed by atoms with Crippen LogP contribution in [0.5, 0.6) is 0 Å². The van der Waals surface area contributed by atoms with Crippen molar-refractivity contribution in [3.63, 3.8) is 0 Å². The van der Waals surface area contributed by atoms with Gasteiger partial charge in [-0.2, -0.15) is 0 Å². The van der Waals surface area contributed by atoms with E-state index in [4.69, 9.17) is 4.74 Å². The molecule has 0 unspecified atom stereocenters. The SMILES string of the molecule is COC(=O)c1cc(=O)[nH]c2cc3cccccc-3c12. The van der Waals surface area contributed by atoms with E-state index in [1.165, 1.54) is 13.2 Å². The van der Waals surface area contributed by atoms with Crippen LogP contribution in [0.2, 0.25) is 0 Å². The average molecular weight is 253 g/mol. The van der Waals surface area contributed by atoms with Crippen LogP contribution in [0.25, 0.3) is 22.0 Å². The molecule has 0 radical (unpaired) electrons. The van der Waals surface area contributed by atoms with Gasteiger partial charge in [-0.25, -0.2) is 4.79 Å². The third-order valence-electron chi connectivity index (χ3n) is 3.12. The molecule has 2 aliphatic rings. The van der Waals surface area contributed by atoms with Gasteiger partial charge >= 0.3 is 5.97 Å². The Kier molecular flexibility index (Phi) is 2.56. The first-order valence-corrected chi connectivity index (χ1v) is 5.84. The molecule has 3 rings (SSSR count). The minimum Gasteiger partial charge on any atom is -0.465 e. The molecule has 1 heterocycles. The first kappa shape index (κ1) is 11.5. The van der Waals surface area contributed by atoms with Gasteiger partial charge in [0.05, 0.1) is 18.2 Å². The van der Waals surface area contributed by atoms with Crippen molar-refractivity contribution < 1.29 is 9.53 Å². The highest BCUT2D eigenvalue weighted by Crippen LogP contribution is 2.33. The van der Waals surface area contributed by atoms with Crippen LogP contribution in [-0.2, 0) is 4.74 Å². The number of pyridine rings is 1. The molecule has 0 amide bonds. The second-order valence-corrected chi connectivity index (χ2v) is 4.25. The Balaban J connectivity index is 2.49. The molecule has 4 nitrogen and oxygen atoms in total. The number of hydrogen-bond acceptors (Lipinski definition) is 3. The fourth-order valence-corrected chi connectivity index (χ4v) is 2.32. The Bertz CT molecular complexity index is 804. The third kappa shape index (κ3) is 1.78. The van der Waals surface area contributed by atoms with Crippen molar-refractivity contribution in [1.82, 2.24) is 4.98 Å². The summed E-state index contributed by atoms with van der Waals surface area (Å²) in [6, 6.07) is 12.7. The third-order valence-corrected chi connectivity index (χ3v) is 3.12. The molecular formula is C15H11NO3. The highest BCUT2D eigenvalue weighted by molar-refractivity contribution is 6.11. The van der Waals surface area contributed by atoms with Gasteiger partial charge < -0.3 is 9.72 Å². The Morgan fingerprint density at radius 2 is 1.95 bits per heavy atom. The van der Waals surface area contributed by atoms with Gasteiger partial charge in [-0.05, 0) is 17.2 Å². The van der Waals surface area contributed by atoms with Gasteiger partial charge in [-0.3, -0.25) is 4.79 Å². The summed E-state index contributed by atoms with van der Waals surface area (Å²) in [4.78, 5) is 26.2. The largest absolute Gasteiger partial charge is 0.465 e. The number of fused-ring (bicyclic) bond motifs is 3. The standard InChI is InChI=1S/C15H11NO3/c1-19-15(18)11-8-13(17)16-12-7-9-5-3-2-4-6-10(9)14(11)12/h2-8H,1H3,(H,16,17). The second-order valence-electron chi connectivity index (χ2n) is 4.25. The fourth-order valence-electron chi connectivity index (χ4n) is 2.32. The van der Waals surface area contributed by atoms with Crippen molar-refractivity contribution in [2.45, 2.75) is 0 Å². The van der Waals surface area contributed by atoms with Gasteiger partial charge in [0, 0.05) is 11.5 Å². The molecular weight excluding hydrogens is 242 g/mol. The van der Waals surface area contributed by atoms with Crippen molar-refractivity contribution >= 4 is 16.9 Å². The Morgan fingerprint density at radius 1 is 1.16 bits per heavy atom. The maximum atomic E-state index is 11.8. The molecule has 0 saturated carbocycles. The molecule has 1 aromatic heterocycles. The number of methoxy groups -OCH3 is 1. The van der Waals surface area contributed by atoms with E-state index < -0.39 is 5.97 Å². The molecule has 1 aromatic rings. The van der Waals surface area contributed by atoms with Crippen LogP contribution in [0.4, 0.5) is 0 Å². The molecule has 0 aliphatic heterocycles. The topological polar surface area (TPSA) is 59.2 Å². The minimum atomic E-state index is -0.505. The average Bonchev–Trinajstić information content (AvgIpc) is 2.59. The monoisotopic (exact) mass is 253 g/mol. The number of rotatable bonds is 1. The van der Waals surface area contributed by atoms with Crippen molar-refractivity contribution in [2.24, 2.45) is 0 Å². The van der Waals surface area contributed by atoms with Crippen LogP contribution in [0.15, 0.2) is 47.3 Å². The summed E-state index contributed by atoms with van der Waals surface area (Å²) in [7, 11) is 1.31. The maximum Gasteiger partial charge on any atom is 0.338 e. The van der Waals surface area contributed by atoms with E-state index in [0.717, 1.165) is 16.5 Å². The van der Waals surface area contributed by atoms with E-state index in [9.17, 15) is 9.59 Å². The number of aromatic nitrogens is 1. The maximum absolute atomic E-state index is 11.8. The number of H-pyrrole nitrogens is 1. The molecule has 0 fully saturated rings. The first-order valence-electron chi connectivity index (χ1n) is 5.84. The summed E-state index contributed by atoms with van der Waals surface area (Å²) in [6.45, 7) is 0. The van der Waals surface area contributed by atoms with Gasteiger partial charge in [0.1, 0.15) is 0 Å². The van der Waals surface area contributed by atoms with Crippen LogP contribution in [0.1, 0.15) is 10.4 Å². The smallest absolute Gasteiger partial charge is 0.338 e. The van der Waals surface area contributed by atoms with E-state index in [0.29, 0.717) is 11.1 Å². The number of esters is 1. The zero-order chi connectivity index (χ0) is 13.4. The Hall–Kier alpha value is -2.62. The number of carbonyl (C=O) groups excluding carboxylic acids is 1. The highest BCUT2D eigenvalue weighted by Gasteiger charge is 2.18. The van der Waals surface area contributed by atoms with E-state index in [-0.39, 0.29) is 5.56 Å². The number of carbonyl (C=O) groups is 1. The predicted molar refractivity (Wildman–Crippen MR) is 72.5 cm³/mol. The number of aromatic amines is 1. The van der Waals surface area contributed by atoms with Crippen LogP contribution in [-0.4, -0.2) is 18.1 Å². The van der Waals surface area contributed by atoms with Crippen LogP contribution < -0.4 is 5.56 Å². The van der Waals surface area contributed by atoms with Gasteiger partial charge in [-0.15, -0.1) is 0 Å². The van der Waals surface area contributed by atoms with Crippen molar-refractivity contribution in [2.75, 3.05) is 7.11 Å². The number of ether oxygens (including phenoxy) is 1. The van der Waals surface area contributed by atoms with Crippen LogP contribution in [0, 0.1) is 0 Å². The molecule has 0 atom stereocenters. The molecule has 1 N–H and O–H groups in total. The van der Waals surface area contributed by atoms with Crippen molar-refractivity contribution in [3.8, 4) is 11.1 Å². The minimum absolute atomic E-state index is 0.294. The number of hydrogen-bond donors (Lipinski definition) is 1. The zero-order valence-electron chi connectivity index (χ0n) is 10.3. The van der Waals surface area contributed by atoms with E-state index in [1.807, 2.05) is 36.4 Å². The molecule has 0 aromatic carbocycles. The summed E-state index contributed by atoms with van der Waals surface area (Å²) >= 11 is 0. The Morgan fingerprint density at radius 3 is 2.74 bits per heavy atom. The van der Waals surface area contributed by atoms with Crippen molar-refractivity contribution in [1.29, 1.82) is 0 Å². The van der Waals surface area contributed by atoms with Crippen LogP contribution in [0.3, 0.4) is 0 Å². The summed E-state index contributed by atoms with van der Waals surface area (Å²) in [5.41, 5.74) is 2.51. The molecule has 2 aliphatic carbocycles. The number of nitrogens with one attached hydrogen (secondary N) is 1. The van der Waals surface area contributed by atoms with E-state index in [2.05, 4.69) is 4.98 Å². The summed E-state index contributed by atoms with van der Waals surface area (Å²) in [5, 5.41) is 0.720. The molecule has 0 saturated heterocycles. The molecule has 94 valence electrons. The summed E-state index contributed by atoms with van der Waals surface area (Å²) in [5.74, 6) is -0.505. The van der Waals surface area contributed by atoms with Gasteiger partial charge in [0.2, 0.25) is 5.56 Å². The first-order chi connectivity index (χ1) is 9.20. The van der Waals surface area contributed by atoms with E-state index >= 15 is 0 Å². The second kappa shape index (κ2) is 4.24. The fraction of sp³-hybridized carbons (Fsp3) is 0.0667. The van der Waals surface area contributed by atoms with Gasteiger partial charge in [-0.1, -0.05) is 30.3 Å².